The summed E-state index contributed by atoms with van der Waals surface area (Å²) >= 11 is 3.30. The maximum Gasteiger partial charge on any atom is 0.269 e. The van der Waals surface area contributed by atoms with Crippen LogP contribution in [0.3, 0.4) is 0 Å². The highest BCUT2D eigenvalue weighted by Crippen LogP contribution is 2.35. The van der Waals surface area contributed by atoms with Crippen LogP contribution in [0.15, 0.2) is 46.9 Å². The minimum Gasteiger partial charge on any atom is -0.486 e. The van der Waals surface area contributed by atoms with Gasteiger partial charge in [-0.25, -0.2) is 0 Å². The van der Waals surface area contributed by atoms with E-state index in [0.717, 1.165) is 4.47 Å². The van der Waals surface area contributed by atoms with Gasteiger partial charge in [-0.2, -0.15) is 0 Å². The summed E-state index contributed by atoms with van der Waals surface area (Å²) in [5.41, 5.74) is 5.85. The molecular weight excluding hydrogens is 442 g/mol. The Morgan fingerprint density at radius 1 is 1.00 bits per heavy atom. The van der Waals surface area contributed by atoms with E-state index in [0.29, 0.717) is 36.0 Å². The fourth-order valence-electron chi connectivity index (χ4n) is 3.23. The van der Waals surface area contributed by atoms with Crippen LogP contribution in [0.2, 0.25) is 0 Å². The highest BCUT2D eigenvalue weighted by Gasteiger charge is 2.35. The fraction of sp³-hybridized carbons (Fsp3) is 0.250. The minimum absolute atomic E-state index is 0.0639. The van der Waals surface area contributed by atoms with Crippen LogP contribution < -0.4 is 25.2 Å². The van der Waals surface area contributed by atoms with Crippen molar-refractivity contribution in [1.29, 1.82) is 0 Å². The number of fused-ring (bicyclic) bond motifs is 1. The van der Waals surface area contributed by atoms with E-state index in [4.69, 9.17) is 9.47 Å². The molecule has 8 nitrogen and oxygen atoms in total. The summed E-state index contributed by atoms with van der Waals surface area (Å²) in [6.07, 6.45) is 0.0639. The Balaban J connectivity index is 1.36. The van der Waals surface area contributed by atoms with E-state index >= 15 is 0 Å². The van der Waals surface area contributed by atoms with Crippen LogP contribution in [0.4, 0.5) is 5.69 Å². The van der Waals surface area contributed by atoms with Crippen LogP contribution in [0, 0.1) is 5.92 Å². The van der Waals surface area contributed by atoms with Gasteiger partial charge in [0.2, 0.25) is 11.8 Å². The van der Waals surface area contributed by atoms with Crippen molar-refractivity contribution in [3.63, 3.8) is 0 Å². The second kappa shape index (κ2) is 8.12. The van der Waals surface area contributed by atoms with E-state index in [1.807, 2.05) is 0 Å². The van der Waals surface area contributed by atoms with Gasteiger partial charge in [-0.1, -0.05) is 15.9 Å². The molecule has 0 radical (unpaired) electrons. The first-order valence-electron chi connectivity index (χ1n) is 9.07. The number of halogens is 1. The van der Waals surface area contributed by atoms with E-state index in [1.54, 1.807) is 47.4 Å². The quantitative estimate of drug-likeness (QED) is 0.684. The molecule has 2 N–H and O–H groups in total. The number of benzene rings is 2. The number of hydrogen-bond acceptors (Lipinski definition) is 5. The fourth-order valence-corrected chi connectivity index (χ4v) is 3.49. The Morgan fingerprint density at radius 2 is 1.72 bits per heavy atom. The number of nitrogens with one attached hydrogen (secondary N) is 2. The number of carbonyl (C=O) groups excluding carboxylic acids is 3. The molecule has 1 saturated heterocycles. The third-order valence-corrected chi connectivity index (χ3v) is 5.27. The predicted molar refractivity (Wildman–Crippen MR) is 108 cm³/mol. The smallest absolute Gasteiger partial charge is 0.269 e. The van der Waals surface area contributed by atoms with Gasteiger partial charge in [0.25, 0.3) is 5.91 Å². The topological polar surface area (TPSA) is 97.0 Å². The summed E-state index contributed by atoms with van der Waals surface area (Å²) in [7, 11) is 0. The van der Waals surface area contributed by atoms with Crippen molar-refractivity contribution in [3.05, 3.63) is 52.5 Å². The molecule has 2 heterocycles. The zero-order chi connectivity index (χ0) is 20.4. The molecule has 0 aromatic heterocycles. The van der Waals surface area contributed by atoms with E-state index < -0.39 is 17.7 Å². The Labute approximate surface area is 175 Å². The first-order valence-corrected chi connectivity index (χ1v) is 9.86. The summed E-state index contributed by atoms with van der Waals surface area (Å²) in [5, 5.41) is 0. The second-order valence-electron chi connectivity index (χ2n) is 6.68. The average molecular weight is 460 g/mol. The van der Waals surface area contributed by atoms with Gasteiger partial charge in [0.15, 0.2) is 11.5 Å². The van der Waals surface area contributed by atoms with Gasteiger partial charge in [0.1, 0.15) is 13.2 Å². The lowest BCUT2D eigenvalue weighted by molar-refractivity contribution is -0.126. The molecular formula is C20H18BrN3O5. The molecule has 3 amide bonds. The van der Waals surface area contributed by atoms with Crippen molar-refractivity contribution >= 4 is 39.3 Å². The molecule has 1 atom stereocenters. The Hall–Kier alpha value is -3.07. The first kappa shape index (κ1) is 19.3. The molecule has 0 bridgehead atoms. The number of ether oxygens (including phenoxy) is 2. The van der Waals surface area contributed by atoms with Gasteiger partial charge >= 0.3 is 0 Å². The number of nitrogens with zero attached hydrogens (tertiary/aromatic N) is 1. The highest BCUT2D eigenvalue weighted by molar-refractivity contribution is 9.10. The third-order valence-electron chi connectivity index (χ3n) is 4.74. The molecule has 1 fully saturated rings. The lowest BCUT2D eigenvalue weighted by Gasteiger charge is -2.22. The molecule has 2 aliphatic rings. The van der Waals surface area contributed by atoms with Crippen LogP contribution >= 0.6 is 15.9 Å². The molecule has 2 aliphatic heterocycles. The maximum absolute atomic E-state index is 12.4. The number of carbonyl (C=O) groups is 3. The van der Waals surface area contributed by atoms with Crippen LogP contribution in [0.5, 0.6) is 11.5 Å². The second-order valence-corrected chi connectivity index (χ2v) is 7.60. The van der Waals surface area contributed by atoms with Gasteiger partial charge < -0.3 is 14.4 Å². The highest BCUT2D eigenvalue weighted by atomic mass is 79.9. The van der Waals surface area contributed by atoms with Gasteiger partial charge in [-0.05, 0) is 36.4 Å². The lowest BCUT2D eigenvalue weighted by atomic mass is 10.1. The largest absolute Gasteiger partial charge is 0.486 e. The summed E-state index contributed by atoms with van der Waals surface area (Å²) < 4.78 is 11.9. The van der Waals surface area contributed by atoms with Gasteiger partial charge in [-0.3, -0.25) is 25.2 Å². The van der Waals surface area contributed by atoms with E-state index in [1.165, 1.54) is 0 Å². The van der Waals surface area contributed by atoms with Gasteiger partial charge in [-0.15, -0.1) is 0 Å². The predicted octanol–water partition coefficient (Wildman–Crippen LogP) is 2.03. The standard InChI is InChI=1S/C20H18BrN3O5/c21-14-3-1-12(2-4-14)19(26)22-23-20(27)13-9-18(25)24(11-13)15-5-6-16-17(10-15)29-8-7-28-16/h1-6,10,13H,7-9,11H2,(H,22,26)(H,23,27)/t13-/m1/s1. The molecule has 29 heavy (non-hydrogen) atoms. The molecule has 150 valence electrons. The van der Waals surface area contributed by atoms with Crippen LogP contribution in [0.1, 0.15) is 16.8 Å². The normalized spacial score (nSPS) is 17.8. The SMILES string of the molecule is O=C(NNC(=O)[C@@H]1CC(=O)N(c2ccc3c(c2)OCCO3)C1)c1ccc(Br)cc1. The van der Waals surface area contributed by atoms with E-state index in [2.05, 4.69) is 26.8 Å². The van der Waals surface area contributed by atoms with Crippen molar-refractivity contribution in [2.24, 2.45) is 5.92 Å². The summed E-state index contributed by atoms with van der Waals surface area (Å²) in [4.78, 5) is 38.5. The van der Waals surface area contributed by atoms with Crippen molar-refractivity contribution in [3.8, 4) is 11.5 Å². The lowest BCUT2D eigenvalue weighted by Crippen LogP contribution is -2.45. The number of rotatable bonds is 3. The van der Waals surface area contributed by atoms with Crippen LogP contribution in [0.25, 0.3) is 0 Å². The van der Waals surface area contributed by atoms with Crippen molar-refractivity contribution in [1.82, 2.24) is 10.9 Å². The van der Waals surface area contributed by atoms with Crippen LogP contribution in [-0.4, -0.2) is 37.5 Å². The zero-order valence-corrected chi connectivity index (χ0v) is 16.9. The van der Waals surface area contributed by atoms with E-state index in [-0.39, 0.29) is 18.9 Å². The zero-order valence-electron chi connectivity index (χ0n) is 15.3. The first-order chi connectivity index (χ1) is 14.0. The Kier molecular flexibility index (Phi) is 5.39. The molecule has 0 spiro atoms. The molecule has 9 heteroatoms. The summed E-state index contributed by atoms with van der Waals surface area (Å²) in [5.74, 6) is -0.363. The molecule has 0 saturated carbocycles. The average Bonchev–Trinajstić information content (AvgIpc) is 3.13. The van der Waals surface area contributed by atoms with Crippen molar-refractivity contribution in [2.45, 2.75) is 6.42 Å². The monoisotopic (exact) mass is 459 g/mol. The molecule has 0 unspecified atom stereocenters. The third kappa shape index (κ3) is 4.19. The molecule has 2 aromatic carbocycles. The maximum atomic E-state index is 12.4. The number of amides is 3. The van der Waals surface area contributed by atoms with Crippen molar-refractivity contribution < 1.29 is 23.9 Å². The molecule has 0 aliphatic carbocycles. The number of anilines is 1. The van der Waals surface area contributed by atoms with Gasteiger partial charge in [0, 0.05) is 34.8 Å². The summed E-state index contributed by atoms with van der Waals surface area (Å²) in [6, 6.07) is 12.0. The number of hydrazine groups is 1. The van der Waals surface area contributed by atoms with Gasteiger partial charge in [0.05, 0.1) is 5.92 Å². The van der Waals surface area contributed by atoms with Crippen LogP contribution in [-0.2, 0) is 9.59 Å². The molecule has 2 aromatic rings. The summed E-state index contributed by atoms with van der Waals surface area (Å²) in [6.45, 7) is 1.16. The minimum atomic E-state index is -0.569. The molecule has 4 rings (SSSR count). The Morgan fingerprint density at radius 3 is 2.48 bits per heavy atom. The van der Waals surface area contributed by atoms with Crippen molar-refractivity contribution in [2.75, 3.05) is 24.7 Å². The Bertz CT molecular complexity index is 963. The van der Waals surface area contributed by atoms with E-state index in [9.17, 15) is 14.4 Å². The number of hydrogen-bond donors (Lipinski definition) is 2.